The highest BCUT2D eigenvalue weighted by atomic mass is 35.5. The summed E-state index contributed by atoms with van der Waals surface area (Å²) in [5, 5.41) is 7.20. The second-order valence-electron chi connectivity index (χ2n) is 8.23. The van der Waals surface area contributed by atoms with Crippen molar-refractivity contribution in [3.63, 3.8) is 0 Å². The molecule has 0 saturated carbocycles. The van der Waals surface area contributed by atoms with Crippen LogP contribution < -0.4 is 5.32 Å². The van der Waals surface area contributed by atoms with Crippen LogP contribution in [0.5, 0.6) is 0 Å². The highest BCUT2D eigenvalue weighted by Gasteiger charge is 2.31. The van der Waals surface area contributed by atoms with Gasteiger partial charge in [-0.05, 0) is 50.0 Å². The number of carbonyl (C=O) groups excluding carboxylic acids is 1. The number of benzene rings is 1. The number of rotatable bonds is 9. The number of hydrogen-bond acceptors (Lipinski definition) is 5. The van der Waals surface area contributed by atoms with Crippen LogP contribution in [0.3, 0.4) is 0 Å². The summed E-state index contributed by atoms with van der Waals surface area (Å²) < 4.78 is 29.6. The second-order valence-corrected chi connectivity index (χ2v) is 10.5. The zero-order valence-corrected chi connectivity index (χ0v) is 20.5. The molecule has 0 radical (unpaired) electrons. The van der Waals surface area contributed by atoms with E-state index in [-0.39, 0.29) is 15.5 Å². The van der Waals surface area contributed by atoms with Gasteiger partial charge in [-0.3, -0.25) is 9.48 Å². The Kier molecular flexibility index (Phi) is 8.32. The van der Waals surface area contributed by atoms with Crippen LogP contribution in [0.4, 0.5) is 5.69 Å². The van der Waals surface area contributed by atoms with E-state index in [4.69, 9.17) is 11.6 Å². The molecule has 1 atom stereocenters. The molecule has 2 aromatic rings. The fraction of sp³-hybridized carbons (Fsp3) is 0.545. The first-order chi connectivity index (χ1) is 15.2. The molecule has 0 bridgehead atoms. The van der Waals surface area contributed by atoms with Crippen molar-refractivity contribution in [1.29, 1.82) is 0 Å². The minimum absolute atomic E-state index is 0.0316. The Hall–Kier alpha value is -1.94. The van der Waals surface area contributed by atoms with Crippen molar-refractivity contribution in [1.82, 2.24) is 19.0 Å². The van der Waals surface area contributed by atoms with Crippen LogP contribution in [0.2, 0.25) is 5.02 Å². The zero-order valence-electron chi connectivity index (χ0n) is 18.9. The molecular formula is C22H32ClN5O3S. The first-order valence-corrected chi connectivity index (χ1v) is 12.9. The van der Waals surface area contributed by atoms with Crippen LogP contribution in [0.1, 0.15) is 44.0 Å². The largest absolute Gasteiger partial charge is 0.319 e. The van der Waals surface area contributed by atoms with Gasteiger partial charge in [0.15, 0.2) is 0 Å². The van der Waals surface area contributed by atoms with Crippen LogP contribution in [-0.4, -0.2) is 66.0 Å². The van der Waals surface area contributed by atoms with E-state index in [9.17, 15) is 13.2 Å². The van der Waals surface area contributed by atoms with Crippen molar-refractivity contribution < 1.29 is 13.2 Å². The normalized spacial score (nSPS) is 17.6. The molecule has 2 heterocycles. The van der Waals surface area contributed by atoms with E-state index in [1.165, 1.54) is 22.5 Å². The van der Waals surface area contributed by atoms with Crippen molar-refractivity contribution in [2.75, 3.05) is 38.0 Å². The van der Waals surface area contributed by atoms with E-state index in [0.29, 0.717) is 24.7 Å². The Morgan fingerprint density at radius 3 is 2.75 bits per heavy atom. The van der Waals surface area contributed by atoms with Crippen LogP contribution >= 0.6 is 11.6 Å². The summed E-state index contributed by atoms with van der Waals surface area (Å²) >= 11 is 6.23. The highest BCUT2D eigenvalue weighted by Crippen LogP contribution is 2.29. The summed E-state index contributed by atoms with van der Waals surface area (Å²) in [4.78, 5) is 15.1. The number of amides is 1. The minimum Gasteiger partial charge on any atom is -0.319 e. The SMILES string of the molecule is CCN(CC)CCn1cc(NC(=O)c2ccc(Cl)c(S(=O)(=O)N3CCCC(C)C3)c2)cn1. The fourth-order valence-electron chi connectivity index (χ4n) is 3.88. The van der Waals surface area contributed by atoms with Gasteiger partial charge in [0.05, 0.1) is 23.5 Å². The first kappa shape index (κ1) is 24.7. The van der Waals surface area contributed by atoms with Gasteiger partial charge in [0.25, 0.3) is 5.91 Å². The fourth-order valence-corrected chi connectivity index (χ4v) is 5.98. The number of piperidine rings is 1. The van der Waals surface area contributed by atoms with Gasteiger partial charge in [0, 0.05) is 31.4 Å². The Balaban J connectivity index is 1.72. The van der Waals surface area contributed by atoms with E-state index in [0.717, 1.165) is 39.0 Å². The molecule has 32 heavy (non-hydrogen) atoms. The lowest BCUT2D eigenvalue weighted by molar-refractivity contribution is 0.102. The third-order valence-corrected chi connectivity index (χ3v) is 8.21. The third-order valence-electron chi connectivity index (χ3n) is 5.86. The van der Waals surface area contributed by atoms with Crippen molar-refractivity contribution >= 4 is 33.2 Å². The van der Waals surface area contributed by atoms with Crippen molar-refractivity contribution in [2.45, 2.75) is 45.1 Å². The molecule has 176 valence electrons. The van der Waals surface area contributed by atoms with Gasteiger partial charge in [-0.2, -0.15) is 9.40 Å². The maximum atomic E-state index is 13.2. The van der Waals surface area contributed by atoms with Gasteiger partial charge in [0.1, 0.15) is 4.90 Å². The van der Waals surface area contributed by atoms with E-state index in [1.54, 1.807) is 17.1 Å². The van der Waals surface area contributed by atoms with Gasteiger partial charge in [-0.25, -0.2) is 8.42 Å². The summed E-state index contributed by atoms with van der Waals surface area (Å²) in [7, 11) is -3.77. The van der Waals surface area contributed by atoms with Gasteiger partial charge < -0.3 is 10.2 Å². The molecular weight excluding hydrogens is 450 g/mol. The predicted molar refractivity (Wildman–Crippen MR) is 127 cm³/mol. The number of carbonyl (C=O) groups is 1. The topological polar surface area (TPSA) is 87.5 Å². The summed E-state index contributed by atoms with van der Waals surface area (Å²) in [5.74, 6) is -0.115. The van der Waals surface area contributed by atoms with Crippen molar-refractivity contribution in [3.8, 4) is 0 Å². The van der Waals surface area contributed by atoms with Gasteiger partial charge in [-0.1, -0.05) is 32.4 Å². The third kappa shape index (κ3) is 5.89. The van der Waals surface area contributed by atoms with Gasteiger partial charge >= 0.3 is 0 Å². The van der Waals surface area contributed by atoms with E-state index in [2.05, 4.69) is 29.2 Å². The lowest BCUT2D eigenvalue weighted by atomic mass is 10.0. The molecule has 0 aliphatic carbocycles. The average molecular weight is 482 g/mol. The molecule has 0 spiro atoms. The molecule has 1 aromatic carbocycles. The number of hydrogen-bond donors (Lipinski definition) is 1. The van der Waals surface area contributed by atoms with Crippen molar-refractivity contribution in [3.05, 3.63) is 41.2 Å². The van der Waals surface area contributed by atoms with Crippen molar-refractivity contribution in [2.24, 2.45) is 5.92 Å². The molecule has 1 fully saturated rings. The standard InChI is InChI=1S/C22H32ClN5O3S/c1-4-26(5-2)11-12-27-16-19(14-24-27)25-22(29)18-8-9-20(23)21(13-18)32(30,31)28-10-6-7-17(3)15-28/h8-9,13-14,16-17H,4-7,10-12,15H2,1-3H3,(H,25,29). The molecule has 3 rings (SSSR count). The highest BCUT2D eigenvalue weighted by molar-refractivity contribution is 7.89. The number of halogens is 1. The number of nitrogens with one attached hydrogen (secondary N) is 1. The number of nitrogens with zero attached hydrogens (tertiary/aromatic N) is 4. The molecule has 1 amide bonds. The second kappa shape index (κ2) is 10.8. The van der Waals surface area contributed by atoms with Crippen LogP contribution in [-0.2, 0) is 16.6 Å². The first-order valence-electron chi connectivity index (χ1n) is 11.1. The van der Waals surface area contributed by atoms with Crippen LogP contribution in [0, 0.1) is 5.92 Å². The monoisotopic (exact) mass is 481 g/mol. The Morgan fingerprint density at radius 2 is 2.06 bits per heavy atom. The molecule has 1 aliphatic heterocycles. The maximum Gasteiger partial charge on any atom is 0.255 e. The number of anilines is 1. The molecule has 1 N–H and O–H groups in total. The zero-order chi connectivity index (χ0) is 23.3. The molecule has 1 aliphatic rings. The van der Waals surface area contributed by atoms with Crippen LogP contribution in [0.15, 0.2) is 35.5 Å². The summed E-state index contributed by atoms with van der Waals surface area (Å²) in [6.07, 6.45) is 5.17. The molecule has 8 nitrogen and oxygen atoms in total. The van der Waals surface area contributed by atoms with Gasteiger partial charge in [-0.15, -0.1) is 0 Å². The maximum absolute atomic E-state index is 13.2. The average Bonchev–Trinajstić information content (AvgIpc) is 3.21. The van der Waals surface area contributed by atoms with Gasteiger partial charge in [0.2, 0.25) is 10.0 Å². The van der Waals surface area contributed by atoms with E-state index >= 15 is 0 Å². The Bertz CT molecular complexity index is 1040. The summed E-state index contributed by atoms with van der Waals surface area (Å²) in [6.45, 7) is 10.7. The Labute approximate surface area is 195 Å². The number of sulfonamides is 1. The Morgan fingerprint density at radius 1 is 1.31 bits per heavy atom. The number of likely N-dealkylation sites (N-methyl/N-ethyl adjacent to an activating group) is 1. The minimum atomic E-state index is -3.77. The smallest absolute Gasteiger partial charge is 0.255 e. The molecule has 10 heteroatoms. The van der Waals surface area contributed by atoms with E-state index in [1.807, 2.05) is 6.92 Å². The summed E-state index contributed by atoms with van der Waals surface area (Å²) in [6, 6.07) is 4.35. The molecule has 1 aromatic heterocycles. The summed E-state index contributed by atoms with van der Waals surface area (Å²) in [5.41, 5.74) is 0.785. The quantitative estimate of drug-likeness (QED) is 0.591. The predicted octanol–water partition coefficient (Wildman–Crippen LogP) is 3.55. The lowest BCUT2D eigenvalue weighted by Gasteiger charge is -2.30. The van der Waals surface area contributed by atoms with Crippen LogP contribution in [0.25, 0.3) is 0 Å². The van der Waals surface area contributed by atoms with E-state index < -0.39 is 15.9 Å². The molecule has 1 saturated heterocycles. The lowest BCUT2D eigenvalue weighted by Crippen LogP contribution is -2.39. The number of aromatic nitrogens is 2. The molecule has 1 unspecified atom stereocenters.